The fourth-order valence-corrected chi connectivity index (χ4v) is 3.37. The normalized spacial score (nSPS) is 16.0. The number of hydrogen-bond donors (Lipinski definition) is 2. The molecule has 1 aromatic carbocycles. The number of hydrogen-bond acceptors (Lipinski definition) is 4. The number of nitrogens with one attached hydrogen (secondary N) is 2. The minimum atomic E-state index is -0.0560. The number of aromatic nitrogens is 2. The van der Waals surface area contributed by atoms with Crippen LogP contribution in [0.2, 0.25) is 0 Å². The molecule has 0 bridgehead atoms. The first-order valence-electron chi connectivity index (χ1n) is 9.58. The Hall–Kier alpha value is -2.19. The van der Waals surface area contributed by atoms with Crippen LogP contribution in [0.3, 0.4) is 0 Å². The van der Waals surface area contributed by atoms with Gasteiger partial charge in [0.2, 0.25) is 5.91 Å². The smallest absolute Gasteiger partial charge is 0.271 e. The molecule has 8 heteroatoms. The first-order chi connectivity index (χ1) is 13.5. The van der Waals surface area contributed by atoms with Crippen LogP contribution in [0.25, 0.3) is 11.3 Å². The van der Waals surface area contributed by atoms with Crippen molar-refractivity contribution < 1.29 is 9.59 Å². The summed E-state index contributed by atoms with van der Waals surface area (Å²) in [6.45, 7) is 7.00. The summed E-state index contributed by atoms with van der Waals surface area (Å²) in [5.74, 6) is -0.0126. The number of nitrogens with zero attached hydrogens (tertiary/aromatic N) is 3. The third-order valence-corrected chi connectivity index (χ3v) is 5.52. The van der Waals surface area contributed by atoms with Gasteiger partial charge in [-0.2, -0.15) is 5.10 Å². The summed E-state index contributed by atoms with van der Waals surface area (Å²) >= 11 is 3.42. The highest BCUT2D eigenvalue weighted by Gasteiger charge is 2.24. The fourth-order valence-electron chi connectivity index (χ4n) is 3.10. The molecule has 3 rings (SSSR count). The summed E-state index contributed by atoms with van der Waals surface area (Å²) in [5, 5.41) is 10.1. The van der Waals surface area contributed by atoms with Crippen molar-refractivity contribution in [2.75, 3.05) is 32.7 Å². The summed E-state index contributed by atoms with van der Waals surface area (Å²) < 4.78 is 0.999. The number of piperazine rings is 1. The zero-order valence-electron chi connectivity index (χ0n) is 16.2. The molecule has 0 saturated carbocycles. The van der Waals surface area contributed by atoms with Crippen LogP contribution in [-0.2, 0) is 4.79 Å². The van der Waals surface area contributed by atoms with E-state index in [0.29, 0.717) is 38.4 Å². The van der Waals surface area contributed by atoms with Crippen molar-refractivity contribution in [2.24, 2.45) is 0 Å². The topological polar surface area (TPSA) is 81.3 Å². The molecule has 28 heavy (non-hydrogen) atoms. The van der Waals surface area contributed by atoms with Crippen LogP contribution >= 0.6 is 15.9 Å². The van der Waals surface area contributed by atoms with E-state index in [1.807, 2.05) is 43.0 Å². The summed E-state index contributed by atoms with van der Waals surface area (Å²) in [7, 11) is 0. The maximum atomic E-state index is 12.8. The van der Waals surface area contributed by atoms with Crippen LogP contribution in [0.1, 0.15) is 30.8 Å². The molecule has 2 N–H and O–H groups in total. The van der Waals surface area contributed by atoms with Gasteiger partial charge in [-0.1, -0.05) is 35.0 Å². The van der Waals surface area contributed by atoms with Gasteiger partial charge in [0.05, 0.1) is 12.2 Å². The zero-order valence-corrected chi connectivity index (χ0v) is 17.8. The molecule has 150 valence electrons. The molecule has 1 fully saturated rings. The number of H-pyrrole nitrogens is 1. The van der Waals surface area contributed by atoms with Crippen molar-refractivity contribution in [2.45, 2.75) is 26.3 Å². The van der Waals surface area contributed by atoms with E-state index in [1.54, 1.807) is 6.07 Å². The van der Waals surface area contributed by atoms with E-state index in [0.717, 1.165) is 22.2 Å². The molecule has 1 atom stereocenters. The van der Waals surface area contributed by atoms with E-state index in [9.17, 15) is 9.59 Å². The van der Waals surface area contributed by atoms with Crippen molar-refractivity contribution in [3.8, 4) is 11.3 Å². The van der Waals surface area contributed by atoms with Gasteiger partial charge < -0.3 is 10.2 Å². The summed E-state index contributed by atoms with van der Waals surface area (Å²) in [5.41, 5.74) is 2.19. The third-order valence-electron chi connectivity index (χ3n) is 4.99. The predicted octanol–water partition coefficient (Wildman–Crippen LogP) is 2.51. The molecule has 0 spiro atoms. The maximum Gasteiger partial charge on any atom is 0.271 e. The molecule has 1 aliphatic rings. The minimum Gasteiger partial charge on any atom is -0.353 e. The fraction of sp³-hybridized carbons (Fsp3) is 0.450. The highest BCUT2D eigenvalue weighted by Crippen LogP contribution is 2.21. The largest absolute Gasteiger partial charge is 0.353 e. The Bertz CT molecular complexity index is 812. The van der Waals surface area contributed by atoms with Gasteiger partial charge in [0.15, 0.2) is 0 Å². The van der Waals surface area contributed by atoms with E-state index in [2.05, 4.69) is 36.3 Å². The van der Waals surface area contributed by atoms with E-state index in [-0.39, 0.29) is 17.9 Å². The number of carbonyl (C=O) groups is 2. The number of rotatable bonds is 6. The standard InChI is InChI=1S/C20H26BrN5O2/c1-3-14(2)22-19(27)13-25-8-10-26(11-9-25)20(28)18-12-17(23-24-18)15-4-6-16(21)7-5-15/h4-7,12,14H,3,8-11,13H2,1-2H3,(H,22,27)(H,23,24). The van der Waals surface area contributed by atoms with Crippen LogP contribution in [0, 0.1) is 0 Å². The quantitative estimate of drug-likeness (QED) is 0.712. The number of aromatic amines is 1. The molecule has 1 unspecified atom stereocenters. The molecule has 1 saturated heterocycles. The van der Waals surface area contributed by atoms with E-state index in [1.165, 1.54) is 0 Å². The van der Waals surface area contributed by atoms with Crippen molar-refractivity contribution >= 4 is 27.7 Å². The molecule has 7 nitrogen and oxygen atoms in total. The van der Waals surface area contributed by atoms with Gasteiger partial charge in [0.1, 0.15) is 5.69 Å². The van der Waals surface area contributed by atoms with Gasteiger partial charge in [-0.15, -0.1) is 0 Å². The van der Waals surface area contributed by atoms with Gasteiger partial charge in [0.25, 0.3) is 5.91 Å². The minimum absolute atomic E-state index is 0.0434. The first kappa shape index (κ1) is 20.5. The van der Waals surface area contributed by atoms with Gasteiger partial charge in [0, 0.05) is 42.3 Å². The molecule has 2 heterocycles. The second-order valence-electron chi connectivity index (χ2n) is 7.12. The number of halogens is 1. The lowest BCUT2D eigenvalue weighted by Gasteiger charge is -2.34. The van der Waals surface area contributed by atoms with E-state index in [4.69, 9.17) is 0 Å². The summed E-state index contributed by atoms with van der Waals surface area (Å²) in [6.07, 6.45) is 0.917. The van der Waals surface area contributed by atoms with E-state index >= 15 is 0 Å². The van der Waals surface area contributed by atoms with Crippen LogP contribution in [0.15, 0.2) is 34.8 Å². The second kappa shape index (κ2) is 9.34. The highest BCUT2D eigenvalue weighted by atomic mass is 79.9. The highest BCUT2D eigenvalue weighted by molar-refractivity contribution is 9.10. The second-order valence-corrected chi connectivity index (χ2v) is 8.03. The van der Waals surface area contributed by atoms with Crippen LogP contribution < -0.4 is 5.32 Å². The average Bonchev–Trinajstić information content (AvgIpc) is 3.18. The Kier molecular flexibility index (Phi) is 6.85. The average molecular weight is 448 g/mol. The molecule has 2 amide bonds. The van der Waals surface area contributed by atoms with Crippen molar-refractivity contribution in [3.05, 3.63) is 40.5 Å². The molecule has 1 aromatic heterocycles. The lowest BCUT2D eigenvalue weighted by Crippen LogP contribution is -2.51. The zero-order chi connectivity index (χ0) is 20.1. The van der Waals surface area contributed by atoms with Gasteiger partial charge >= 0.3 is 0 Å². The van der Waals surface area contributed by atoms with Gasteiger partial charge in [-0.25, -0.2) is 0 Å². The Labute approximate surface area is 173 Å². The SMILES string of the molecule is CCC(C)NC(=O)CN1CCN(C(=O)c2cc(-c3ccc(Br)cc3)n[nH]2)CC1. The van der Waals surface area contributed by atoms with E-state index < -0.39 is 0 Å². The number of amides is 2. The van der Waals surface area contributed by atoms with Crippen molar-refractivity contribution in [3.63, 3.8) is 0 Å². The lowest BCUT2D eigenvalue weighted by molar-refractivity contribution is -0.123. The maximum absolute atomic E-state index is 12.8. The molecule has 0 radical (unpaired) electrons. The molecule has 1 aliphatic heterocycles. The third kappa shape index (κ3) is 5.20. The van der Waals surface area contributed by atoms with Crippen LogP contribution in [-0.4, -0.2) is 70.6 Å². The van der Waals surface area contributed by atoms with Crippen LogP contribution in [0.5, 0.6) is 0 Å². The monoisotopic (exact) mass is 447 g/mol. The first-order valence-corrected chi connectivity index (χ1v) is 10.4. The van der Waals surface area contributed by atoms with Crippen LogP contribution in [0.4, 0.5) is 0 Å². The number of carbonyl (C=O) groups excluding carboxylic acids is 2. The summed E-state index contributed by atoms with van der Waals surface area (Å²) in [6, 6.07) is 9.78. The van der Waals surface area contributed by atoms with Crippen molar-refractivity contribution in [1.29, 1.82) is 0 Å². The Morgan fingerprint density at radius 2 is 1.89 bits per heavy atom. The number of benzene rings is 1. The van der Waals surface area contributed by atoms with Gasteiger partial charge in [-0.05, 0) is 31.5 Å². The van der Waals surface area contributed by atoms with Crippen molar-refractivity contribution in [1.82, 2.24) is 25.3 Å². The lowest BCUT2D eigenvalue weighted by atomic mass is 10.1. The molecular weight excluding hydrogens is 422 g/mol. The molecule has 0 aliphatic carbocycles. The summed E-state index contributed by atoms with van der Waals surface area (Å²) in [4.78, 5) is 28.7. The predicted molar refractivity (Wildman–Crippen MR) is 112 cm³/mol. The Morgan fingerprint density at radius 1 is 1.21 bits per heavy atom. The Balaban J connectivity index is 1.53. The van der Waals surface area contributed by atoms with Gasteiger partial charge in [-0.3, -0.25) is 19.6 Å². The molecule has 2 aromatic rings. The molecular formula is C20H26BrN5O2. The Morgan fingerprint density at radius 3 is 2.54 bits per heavy atom.